The van der Waals surface area contributed by atoms with Gasteiger partial charge >= 0.3 is 10.3 Å². The third-order valence-corrected chi connectivity index (χ3v) is 6.17. The van der Waals surface area contributed by atoms with Crippen LogP contribution in [-0.2, 0) is 10.3 Å². The average Bonchev–Trinajstić information content (AvgIpc) is 2.33. The molecule has 0 aromatic carbocycles. The minimum Gasteiger partial charge on any atom is -0.325 e. The van der Waals surface area contributed by atoms with Crippen molar-refractivity contribution >= 4 is 10.3 Å². The average molecular weight is 361 g/mol. The van der Waals surface area contributed by atoms with Crippen LogP contribution in [0.2, 0.25) is 0 Å². The van der Waals surface area contributed by atoms with Crippen molar-refractivity contribution in [1.82, 2.24) is 0 Å². The quantitative estimate of drug-likeness (QED) is 0.571. The van der Waals surface area contributed by atoms with Crippen molar-refractivity contribution in [1.29, 1.82) is 0 Å². The molecule has 5 aliphatic carbocycles. The molecule has 0 aliphatic heterocycles. The van der Waals surface area contributed by atoms with E-state index in [1.807, 2.05) is 0 Å². The van der Waals surface area contributed by atoms with Crippen LogP contribution in [0.15, 0.2) is 0 Å². The van der Waals surface area contributed by atoms with Gasteiger partial charge in [-0.1, -0.05) is 52.4 Å². The normalized spacial score (nSPS) is 43.3. The molecule has 0 amide bonds. The molecule has 0 spiro atoms. The summed E-state index contributed by atoms with van der Waals surface area (Å²) in [6.07, 6.45) is 17.3. The summed E-state index contributed by atoms with van der Waals surface area (Å²) >= 11 is 0. The molecule has 0 aromatic heterocycles. The molecule has 0 saturated heterocycles. The van der Waals surface area contributed by atoms with Crippen LogP contribution in [0.25, 0.3) is 0 Å². The van der Waals surface area contributed by atoms with Gasteiger partial charge in [0, 0.05) is 5.54 Å². The molecule has 6 heteroatoms. The van der Waals surface area contributed by atoms with Crippen molar-refractivity contribution in [3.05, 3.63) is 0 Å². The second-order valence-corrected chi connectivity index (χ2v) is 10.7. The topological polar surface area (TPSA) is 106 Å². The van der Waals surface area contributed by atoms with Gasteiger partial charge in [0.05, 0.1) is 0 Å². The third-order valence-electron chi connectivity index (χ3n) is 6.17. The van der Waals surface area contributed by atoms with Crippen LogP contribution in [0.5, 0.6) is 0 Å². The van der Waals surface area contributed by atoms with Gasteiger partial charge in [0.15, 0.2) is 0 Å². The van der Waals surface area contributed by atoms with Gasteiger partial charge in [-0.25, -0.2) is 5.14 Å². The van der Waals surface area contributed by atoms with E-state index >= 15 is 0 Å². The maximum atomic E-state index is 8.97. The summed E-state index contributed by atoms with van der Waals surface area (Å²) in [5.41, 5.74) is 7.92. The molecule has 5 aliphatic rings. The van der Waals surface area contributed by atoms with Crippen molar-refractivity contribution in [2.24, 2.45) is 27.6 Å². The number of rotatable bonds is 0. The fourth-order valence-corrected chi connectivity index (χ4v) is 6.60. The van der Waals surface area contributed by atoms with Gasteiger partial charge in [0.25, 0.3) is 0 Å². The Labute approximate surface area is 147 Å². The summed E-state index contributed by atoms with van der Waals surface area (Å²) < 4.78 is 25.2. The zero-order valence-corrected chi connectivity index (χ0v) is 16.2. The molecule has 2 atom stereocenters. The van der Waals surface area contributed by atoms with E-state index in [1.54, 1.807) is 0 Å². The highest BCUT2D eigenvalue weighted by atomic mass is 32.2. The van der Waals surface area contributed by atoms with Crippen LogP contribution in [0.3, 0.4) is 0 Å². The molecule has 0 aromatic rings. The predicted molar refractivity (Wildman–Crippen MR) is 97.8 cm³/mol. The molecule has 5 saturated carbocycles. The summed E-state index contributed by atoms with van der Waals surface area (Å²) in [5, 5.41) is 3.88. The summed E-state index contributed by atoms with van der Waals surface area (Å²) in [5.74, 6) is 0.955. The van der Waals surface area contributed by atoms with E-state index in [0.717, 1.165) is 5.92 Å². The number of hydrogen-bond donors (Lipinski definition) is 3. The summed E-state index contributed by atoms with van der Waals surface area (Å²) in [6.45, 7) is 4.94. The molecule has 24 heavy (non-hydrogen) atoms. The lowest BCUT2D eigenvalue weighted by atomic mass is 9.43. The highest BCUT2D eigenvalue weighted by Crippen LogP contribution is 2.65. The van der Waals surface area contributed by atoms with Crippen molar-refractivity contribution in [3.63, 3.8) is 0 Å². The van der Waals surface area contributed by atoms with Crippen LogP contribution in [-0.4, -0.2) is 18.5 Å². The van der Waals surface area contributed by atoms with Crippen LogP contribution in [0, 0.1) is 16.7 Å². The van der Waals surface area contributed by atoms with Crippen LogP contribution in [0.4, 0.5) is 0 Å². The minimum absolute atomic E-state index is 0.225. The van der Waals surface area contributed by atoms with Gasteiger partial charge in [0.1, 0.15) is 0 Å². The summed E-state index contributed by atoms with van der Waals surface area (Å²) in [4.78, 5) is 0. The van der Waals surface area contributed by atoms with Gasteiger partial charge in [0.2, 0.25) is 0 Å². The van der Waals surface area contributed by atoms with Crippen molar-refractivity contribution in [2.45, 2.75) is 96.4 Å². The third kappa shape index (κ3) is 6.28. The van der Waals surface area contributed by atoms with Gasteiger partial charge < -0.3 is 5.73 Å². The van der Waals surface area contributed by atoms with Gasteiger partial charge in [-0.15, -0.1) is 0 Å². The van der Waals surface area contributed by atoms with Crippen LogP contribution < -0.4 is 10.9 Å². The second kappa shape index (κ2) is 7.22. The lowest BCUT2D eigenvalue weighted by Crippen LogP contribution is -2.62. The Morgan fingerprint density at radius 3 is 1.42 bits per heavy atom. The van der Waals surface area contributed by atoms with E-state index in [2.05, 4.69) is 19.0 Å². The Kier molecular flexibility index (Phi) is 6.06. The molecule has 5 fully saturated rings. The Balaban J connectivity index is 0.000000159. The highest BCUT2D eigenvalue weighted by Gasteiger charge is 2.58. The highest BCUT2D eigenvalue weighted by molar-refractivity contribution is 7.83. The summed E-state index contributed by atoms with van der Waals surface area (Å²) in [7, 11) is -4.17. The van der Waals surface area contributed by atoms with Crippen molar-refractivity contribution < 1.29 is 13.0 Å². The largest absolute Gasteiger partial charge is 0.330 e. The molecule has 0 radical (unpaired) electrons. The van der Waals surface area contributed by atoms with Crippen molar-refractivity contribution in [3.8, 4) is 0 Å². The molecule has 4 bridgehead atoms. The minimum atomic E-state index is -4.17. The van der Waals surface area contributed by atoms with Gasteiger partial charge in [-0.2, -0.15) is 8.42 Å². The molecule has 0 heterocycles. The van der Waals surface area contributed by atoms with E-state index in [1.165, 1.54) is 77.0 Å². The zero-order chi connectivity index (χ0) is 18.1. The standard InChI is InChI=1S/C12H21N.C6H12.H3NO3S/c1-10-3-9-4-11(2,6-10)8-12(13,5-9)7-10;1-2-4-6-5-3-1;1-5(2,3)4/h9H,3-8,13H2,1-2H3;1-6H2;(H3,1,2,3,4). The van der Waals surface area contributed by atoms with Gasteiger partial charge in [-0.05, 0) is 55.3 Å². The molecular formula is C18H36N2O3S. The van der Waals surface area contributed by atoms with E-state index in [-0.39, 0.29) is 5.54 Å². The SMILES string of the molecule is C1CCCCC1.CC12CC3CC(C)(C1)CC(N)(C3)C2.NS(=O)(=O)O. The van der Waals surface area contributed by atoms with E-state index in [4.69, 9.17) is 18.7 Å². The van der Waals surface area contributed by atoms with E-state index in [9.17, 15) is 0 Å². The smallest absolute Gasteiger partial charge is 0.325 e. The fraction of sp³-hybridized carbons (Fsp3) is 1.00. The molecule has 5 rings (SSSR count). The Bertz CT molecular complexity index is 460. The fourth-order valence-electron chi connectivity index (χ4n) is 6.60. The van der Waals surface area contributed by atoms with Crippen molar-refractivity contribution in [2.75, 3.05) is 0 Å². The first-order valence-corrected chi connectivity index (χ1v) is 11.0. The maximum Gasteiger partial charge on any atom is 0.330 e. The van der Waals surface area contributed by atoms with E-state index in [0.29, 0.717) is 10.8 Å². The Morgan fingerprint density at radius 1 is 0.833 bits per heavy atom. The first-order chi connectivity index (χ1) is 10.9. The van der Waals surface area contributed by atoms with Gasteiger partial charge in [-0.3, -0.25) is 4.55 Å². The van der Waals surface area contributed by atoms with E-state index < -0.39 is 10.3 Å². The number of hydrogen-bond acceptors (Lipinski definition) is 3. The first-order valence-electron chi connectivity index (χ1n) is 9.45. The molecule has 5 N–H and O–H groups in total. The van der Waals surface area contributed by atoms with Crippen LogP contribution in [0.1, 0.15) is 90.9 Å². The first kappa shape index (κ1) is 20.1. The molecule has 2 unspecified atom stereocenters. The second-order valence-electron chi connectivity index (χ2n) is 9.63. The lowest BCUT2D eigenvalue weighted by Gasteiger charge is -2.64. The van der Waals surface area contributed by atoms with Crippen LogP contribution >= 0.6 is 0 Å². The predicted octanol–water partition coefficient (Wildman–Crippen LogP) is 3.78. The zero-order valence-electron chi connectivity index (χ0n) is 15.4. The monoisotopic (exact) mass is 360 g/mol. The summed E-state index contributed by atoms with van der Waals surface area (Å²) in [6, 6.07) is 0. The Hall–Kier alpha value is -0.170. The molecular weight excluding hydrogens is 324 g/mol. The molecule has 142 valence electrons. The molecule has 5 nitrogen and oxygen atoms in total. The Morgan fingerprint density at radius 2 is 1.17 bits per heavy atom. The maximum absolute atomic E-state index is 8.97. The lowest BCUT2D eigenvalue weighted by molar-refractivity contribution is -0.104. The number of nitrogens with two attached hydrogens (primary N) is 2.